The molecule has 0 aliphatic rings. The minimum Gasteiger partial charge on any atom is -0.397 e. The molecule has 0 atom stereocenters. The van der Waals surface area contributed by atoms with Crippen LogP contribution in [0.15, 0.2) is 23.8 Å². The maximum Gasteiger partial charge on any atom is 0.0932 e. The molecule has 0 unspecified atom stereocenters. The molecule has 1 aromatic rings. The SMILES string of the molecule is C=C(C)c1c(N)ccn1C=NC. The maximum absolute atomic E-state index is 5.73. The quantitative estimate of drug-likeness (QED) is 0.522. The van der Waals surface area contributed by atoms with E-state index in [9.17, 15) is 0 Å². The lowest BCUT2D eigenvalue weighted by Crippen LogP contribution is -2.00. The zero-order chi connectivity index (χ0) is 9.14. The molecule has 0 aromatic carbocycles. The van der Waals surface area contributed by atoms with Gasteiger partial charge in [-0.25, -0.2) is 0 Å². The molecule has 0 radical (unpaired) electrons. The molecule has 0 aliphatic heterocycles. The average molecular weight is 163 g/mol. The number of hydrogen-bond donors (Lipinski definition) is 1. The summed E-state index contributed by atoms with van der Waals surface area (Å²) in [7, 11) is 1.72. The van der Waals surface area contributed by atoms with Gasteiger partial charge in [0.05, 0.1) is 17.7 Å². The van der Waals surface area contributed by atoms with E-state index in [0.717, 1.165) is 17.0 Å². The summed E-state index contributed by atoms with van der Waals surface area (Å²) in [6, 6.07) is 1.84. The molecule has 0 fully saturated rings. The van der Waals surface area contributed by atoms with E-state index in [1.54, 1.807) is 13.4 Å². The van der Waals surface area contributed by atoms with Gasteiger partial charge in [-0.2, -0.15) is 0 Å². The summed E-state index contributed by atoms with van der Waals surface area (Å²) in [5, 5.41) is 0. The van der Waals surface area contributed by atoms with Gasteiger partial charge in [0.15, 0.2) is 0 Å². The second-order valence-electron chi connectivity index (χ2n) is 2.68. The highest BCUT2D eigenvalue weighted by Gasteiger charge is 2.04. The van der Waals surface area contributed by atoms with E-state index in [4.69, 9.17) is 5.73 Å². The van der Waals surface area contributed by atoms with Crippen molar-refractivity contribution in [2.75, 3.05) is 12.8 Å². The molecule has 0 amide bonds. The number of nitrogens with zero attached hydrogens (tertiary/aromatic N) is 2. The van der Waals surface area contributed by atoms with Gasteiger partial charge >= 0.3 is 0 Å². The van der Waals surface area contributed by atoms with E-state index in [0.29, 0.717) is 0 Å². The fourth-order valence-corrected chi connectivity index (χ4v) is 1.15. The third kappa shape index (κ3) is 1.39. The first-order chi connectivity index (χ1) is 5.66. The number of rotatable bonds is 2. The summed E-state index contributed by atoms with van der Waals surface area (Å²) in [5.74, 6) is 0. The summed E-state index contributed by atoms with van der Waals surface area (Å²) in [6.45, 7) is 5.76. The topological polar surface area (TPSA) is 43.3 Å². The second-order valence-corrected chi connectivity index (χ2v) is 2.68. The molecule has 12 heavy (non-hydrogen) atoms. The van der Waals surface area contributed by atoms with E-state index in [-0.39, 0.29) is 0 Å². The van der Waals surface area contributed by atoms with E-state index in [1.807, 2.05) is 23.8 Å². The van der Waals surface area contributed by atoms with Crippen LogP contribution in [0.25, 0.3) is 5.57 Å². The third-order valence-corrected chi connectivity index (χ3v) is 1.59. The molecule has 0 spiro atoms. The van der Waals surface area contributed by atoms with Crippen molar-refractivity contribution in [3.63, 3.8) is 0 Å². The van der Waals surface area contributed by atoms with Crippen LogP contribution < -0.4 is 5.73 Å². The van der Waals surface area contributed by atoms with Crippen LogP contribution in [-0.4, -0.2) is 18.0 Å². The van der Waals surface area contributed by atoms with Crippen LogP contribution in [0.3, 0.4) is 0 Å². The zero-order valence-corrected chi connectivity index (χ0v) is 7.41. The number of aliphatic imine (C=N–C) groups is 1. The van der Waals surface area contributed by atoms with Gasteiger partial charge in [-0.15, -0.1) is 0 Å². The molecule has 1 aromatic heterocycles. The van der Waals surface area contributed by atoms with Crippen LogP contribution in [0, 0.1) is 0 Å². The molecule has 1 heterocycles. The molecule has 3 heteroatoms. The van der Waals surface area contributed by atoms with Crippen molar-refractivity contribution in [2.24, 2.45) is 4.99 Å². The molecular formula is C9H13N3. The van der Waals surface area contributed by atoms with E-state index >= 15 is 0 Å². The lowest BCUT2D eigenvalue weighted by Gasteiger charge is -2.03. The minimum atomic E-state index is 0.738. The highest BCUT2D eigenvalue weighted by atomic mass is 15.0. The molecule has 0 saturated carbocycles. The monoisotopic (exact) mass is 163 g/mol. The van der Waals surface area contributed by atoms with Crippen molar-refractivity contribution >= 4 is 17.6 Å². The summed E-state index contributed by atoms with van der Waals surface area (Å²) >= 11 is 0. The molecule has 64 valence electrons. The van der Waals surface area contributed by atoms with Crippen molar-refractivity contribution in [2.45, 2.75) is 6.92 Å². The van der Waals surface area contributed by atoms with E-state index in [1.165, 1.54) is 0 Å². The molecule has 0 bridgehead atoms. The molecule has 0 aliphatic carbocycles. The number of anilines is 1. The number of nitrogens with two attached hydrogens (primary N) is 1. The van der Waals surface area contributed by atoms with Crippen LogP contribution in [0.1, 0.15) is 12.6 Å². The van der Waals surface area contributed by atoms with E-state index in [2.05, 4.69) is 11.6 Å². The first-order valence-electron chi connectivity index (χ1n) is 3.71. The number of nitrogen functional groups attached to an aromatic ring is 1. The Kier molecular flexibility index (Phi) is 2.33. The van der Waals surface area contributed by atoms with Crippen LogP contribution in [0.2, 0.25) is 0 Å². The van der Waals surface area contributed by atoms with Crippen LogP contribution in [0.5, 0.6) is 0 Å². The third-order valence-electron chi connectivity index (χ3n) is 1.59. The normalized spacial score (nSPS) is 10.8. The lowest BCUT2D eigenvalue weighted by atomic mass is 10.2. The van der Waals surface area contributed by atoms with Crippen molar-refractivity contribution in [1.82, 2.24) is 4.57 Å². The fraction of sp³-hybridized carbons (Fsp3) is 0.222. The molecule has 2 N–H and O–H groups in total. The van der Waals surface area contributed by atoms with Crippen LogP contribution >= 0.6 is 0 Å². The highest BCUT2D eigenvalue weighted by Crippen LogP contribution is 2.19. The smallest absolute Gasteiger partial charge is 0.0932 e. The Morgan fingerprint density at radius 2 is 2.42 bits per heavy atom. The first-order valence-corrected chi connectivity index (χ1v) is 3.71. The summed E-state index contributed by atoms with van der Waals surface area (Å²) < 4.78 is 1.86. The Hall–Kier alpha value is -1.51. The van der Waals surface area contributed by atoms with Crippen molar-refractivity contribution in [3.8, 4) is 0 Å². The minimum absolute atomic E-state index is 0.738. The van der Waals surface area contributed by atoms with Gasteiger partial charge in [0.25, 0.3) is 0 Å². The summed E-state index contributed by atoms with van der Waals surface area (Å²) in [5.41, 5.74) is 8.34. The van der Waals surface area contributed by atoms with Crippen LogP contribution in [-0.2, 0) is 0 Å². The van der Waals surface area contributed by atoms with Crippen molar-refractivity contribution in [3.05, 3.63) is 24.5 Å². The highest BCUT2D eigenvalue weighted by molar-refractivity contribution is 5.77. The lowest BCUT2D eigenvalue weighted by molar-refractivity contribution is 1.15. The standard InChI is InChI=1S/C9H13N3/c1-7(2)9-8(10)4-5-12(9)6-11-3/h4-6H,1,10H2,2-3H3. The Bertz CT molecular complexity index is 321. The van der Waals surface area contributed by atoms with Gasteiger partial charge < -0.3 is 10.3 Å². The van der Waals surface area contributed by atoms with Gasteiger partial charge in [0, 0.05) is 13.2 Å². The van der Waals surface area contributed by atoms with Crippen LogP contribution in [0.4, 0.5) is 5.69 Å². The molecular weight excluding hydrogens is 150 g/mol. The van der Waals surface area contributed by atoms with Gasteiger partial charge in [-0.1, -0.05) is 6.58 Å². The molecule has 3 nitrogen and oxygen atoms in total. The van der Waals surface area contributed by atoms with Gasteiger partial charge in [-0.05, 0) is 18.6 Å². The number of hydrogen-bond acceptors (Lipinski definition) is 2. The van der Waals surface area contributed by atoms with Crippen molar-refractivity contribution < 1.29 is 0 Å². The largest absolute Gasteiger partial charge is 0.397 e. The first kappa shape index (κ1) is 8.59. The van der Waals surface area contributed by atoms with E-state index < -0.39 is 0 Å². The van der Waals surface area contributed by atoms with Crippen molar-refractivity contribution in [1.29, 1.82) is 0 Å². The van der Waals surface area contributed by atoms with Gasteiger partial charge in [-0.3, -0.25) is 4.99 Å². The zero-order valence-electron chi connectivity index (χ0n) is 7.41. The average Bonchev–Trinajstić information content (AvgIpc) is 2.32. The molecule has 0 saturated heterocycles. The Labute approximate surface area is 72.2 Å². The fourth-order valence-electron chi connectivity index (χ4n) is 1.15. The predicted molar refractivity (Wildman–Crippen MR) is 53.4 cm³/mol. The Balaban J connectivity index is 3.21. The Morgan fingerprint density at radius 3 is 2.92 bits per heavy atom. The predicted octanol–water partition coefficient (Wildman–Crippen LogP) is 1.61. The Morgan fingerprint density at radius 1 is 1.75 bits per heavy atom. The van der Waals surface area contributed by atoms with Gasteiger partial charge in [0.2, 0.25) is 0 Å². The van der Waals surface area contributed by atoms with Gasteiger partial charge in [0.1, 0.15) is 0 Å². The second kappa shape index (κ2) is 3.26. The number of aromatic nitrogens is 1. The summed E-state index contributed by atoms with van der Waals surface area (Å²) in [4.78, 5) is 3.90. The molecule has 1 rings (SSSR count). The maximum atomic E-state index is 5.73. The summed E-state index contributed by atoms with van der Waals surface area (Å²) in [6.07, 6.45) is 3.58. The number of allylic oxidation sites excluding steroid dienone is 1.